The minimum absolute atomic E-state index is 0.285. The van der Waals surface area contributed by atoms with Gasteiger partial charge in [0.25, 0.3) is 0 Å². The van der Waals surface area contributed by atoms with Gasteiger partial charge in [0.15, 0.2) is 11.5 Å². The highest BCUT2D eigenvalue weighted by Gasteiger charge is 2.10. The first-order chi connectivity index (χ1) is 9.65. The average Bonchev–Trinajstić information content (AvgIpc) is 2.48. The highest BCUT2D eigenvalue weighted by Crippen LogP contribution is 2.33. The van der Waals surface area contributed by atoms with Crippen molar-refractivity contribution in [1.82, 2.24) is 0 Å². The third-order valence-electron chi connectivity index (χ3n) is 2.79. The van der Waals surface area contributed by atoms with Gasteiger partial charge < -0.3 is 9.47 Å². The molecule has 0 atom stereocenters. The summed E-state index contributed by atoms with van der Waals surface area (Å²) >= 11 is 6.59. The first-order valence-electron chi connectivity index (χ1n) is 5.94. The topological polar surface area (TPSA) is 18.5 Å². The lowest BCUT2D eigenvalue weighted by Gasteiger charge is -2.14. The van der Waals surface area contributed by atoms with Crippen LogP contribution in [0.2, 0.25) is 0 Å². The van der Waals surface area contributed by atoms with Crippen molar-refractivity contribution in [3.8, 4) is 11.5 Å². The van der Waals surface area contributed by atoms with Crippen molar-refractivity contribution in [2.24, 2.45) is 0 Å². The number of hydrogen-bond acceptors (Lipinski definition) is 2. The van der Waals surface area contributed by atoms with E-state index in [-0.39, 0.29) is 5.82 Å². The summed E-state index contributed by atoms with van der Waals surface area (Å²) in [5, 5.41) is 0.673. The Morgan fingerprint density at radius 3 is 2.65 bits per heavy atom. The SMILES string of the molecule is COc1cccc(CBr)c1OCc1ccc(F)c(Br)c1. The second-order valence-electron chi connectivity index (χ2n) is 4.12. The number of hydrogen-bond donors (Lipinski definition) is 0. The predicted octanol–water partition coefficient (Wildman–Crippen LogP) is 5.07. The van der Waals surface area contributed by atoms with E-state index in [2.05, 4.69) is 31.9 Å². The molecule has 0 saturated heterocycles. The van der Waals surface area contributed by atoms with Crippen LogP contribution in [0.5, 0.6) is 11.5 Å². The monoisotopic (exact) mass is 402 g/mol. The summed E-state index contributed by atoms with van der Waals surface area (Å²) in [6, 6.07) is 10.5. The van der Waals surface area contributed by atoms with Crippen LogP contribution in [-0.2, 0) is 11.9 Å². The molecular weight excluding hydrogens is 391 g/mol. The maximum absolute atomic E-state index is 13.2. The van der Waals surface area contributed by atoms with Gasteiger partial charge >= 0.3 is 0 Å². The smallest absolute Gasteiger partial charge is 0.165 e. The zero-order valence-electron chi connectivity index (χ0n) is 10.8. The van der Waals surface area contributed by atoms with Crippen molar-refractivity contribution in [1.29, 1.82) is 0 Å². The van der Waals surface area contributed by atoms with Crippen molar-refractivity contribution in [2.45, 2.75) is 11.9 Å². The van der Waals surface area contributed by atoms with E-state index in [0.29, 0.717) is 27.9 Å². The van der Waals surface area contributed by atoms with Crippen molar-refractivity contribution in [3.05, 3.63) is 57.8 Å². The van der Waals surface area contributed by atoms with Gasteiger partial charge in [-0.05, 0) is 39.7 Å². The quantitative estimate of drug-likeness (QED) is 0.648. The summed E-state index contributed by atoms with van der Waals surface area (Å²) in [7, 11) is 1.61. The number of ether oxygens (including phenoxy) is 2. The van der Waals surface area contributed by atoms with Crippen LogP contribution in [0, 0.1) is 5.82 Å². The van der Waals surface area contributed by atoms with Gasteiger partial charge in [-0.3, -0.25) is 0 Å². The zero-order valence-corrected chi connectivity index (χ0v) is 14.0. The molecule has 5 heteroatoms. The fourth-order valence-electron chi connectivity index (χ4n) is 1.78. The maximum Gasteiger partial charge on any atom is 0.165 e. The van der Waals surface area contributed by atoms with Crippen LogP contribution in [0.4, 0.5) is 4.39 Å². The third kappa shape index (κ3) is 3.52. The summed E-state index contributed by atoms with van der Waals surface area (Å²) in [6.45, 7) is 0.346. The zero-order chi connectivity index (χ0) is 14.5. The summed E-state index contributed by atoms with van der Waals surface area (Å²) < 4.78 is 24.8. The molecule has 0 spiro atoms. The molecule has 0 bridgehead atoms. The third-order valence-corrected chi connectivity index (χ3v) is 4.00. The number of benzene rings is 2. The Morgan fingerprint density at radius 1 is 1.20 bits per heavy atom. The molecule has 0 aliphatic heterocycles. The second-order valence-corrected chi connectivity index (χ2v) is 5.53. The average molecular weight is 404 g/mol. The van der Waals surface area contributed by atoms with Gasteiger partial charge in [0.05, 0.1) is 11.6 Å². The maximum atomic E-state index is 13.2. The number of halogens is 3. The van der Waals surface area contributed by atoms with E-state index < -0.39 is 0 Å². The molecule has 2 rings (SSSR count). The van der Waals surface area contributed by atoms with Crippen LogP contribution in [0.1, 0.15) is 11.1 Å². The van der Waals surface area contributed by atoms with E-state index in [9.17, 15) is 4.39 Å². The lowest BCUT2D eigenvalue weighted by Crippen LogP contribution is -2.00. The first kappa shape index (κ1) is 15.3. The van der Waals surface area contributed by atoms with E-state index >= 15 is 0 Å². The van der Waals surface area contributed by atoms with E-state index in [1.54, 1.807) is 19.2 Å². The summed E-state index contributed by atoms with van der Waals surface area (Å²) in [5.41, 5.74) is 1.88. The molecule has 2 aromatic carbocycles. The van der Waals surface area contributed by atoms with Gasteiger partial charge in [-0.1, -0.05) is 34.1 Å². The van der Waals surface area contributed by atoms with Gasteiger partial charge in [-0.25, -0.2) is 4.39 Å². The molecule has 0 radical (unpaired) electrons. The number of rotatable bonds is 5. The van der Waals surface area contributed by atoms with Crippen LogP contribution in [0.25, 0.3) is 0 Å². The largest absolute Gasteiger partial charge is 0.493 e. The van der Waals surface area contributed by atoms with Crippen LogP contribution >= 0.6 is 31.9 Å². The van der Waals surface area contributed by atoms with Crippen LogP contribution in [0.3, 0.4) is 0 Å². The predicted molar refractivity (Wildman–Crippen MR) is 84.1 cm³/mol. The fourth-order valence-corrected chi connectivity index (χ4v) is 2.64. The Labute approximate surface area is 134 Å². The minimum atomic E-state index is -0.285. The van der Waals surface area contributed by atoms with Crippen molar-refractivity contribution in [3.63, 3.8) is 0 Å². The number of methoxy groups -OCH3 is 1. The normalized spacial score (nSPS) is 10.4. The van der Waals surface area contributed by atoms with Crippen LogP contribution < -0.4 is 9.47 Å². The molecule has 0 heterocycles. The molecule has 0 aromatic heterocycles. The van der Waals surface area contributed by atoms with Crippen molar-refractivity contribution >= 4 is 31.9 Å². The van der Waals surface area contributed by atoms with Crippen molar-refractivity contribution < 1.29 is 13.9 Å². The summed E-state index contributed by atoms with van der Waals surface area (Å²) in [6.07, 6.45) is 0. The molecule has 0 amide bonds. The van der Waals surface area contributed by atoms with E-state index in [1.807, 2.05) is 18.2 Å². The Morgan fingerprint density at radius 2 is 2.00 bits per heavy atom. The van der Waals surface area contributed by atoms with E-state index in [0.717, 1.165) is 11.1 Å². The molecule has 0 unspecified atom stereocenters. The lowest BCUT2D eigenvalue weighted by atomic mass is 10.2. The molecule has 20 heavy (non-hydrogen) atoms. The molecule has 0 aliphatic rings. The lowest BCUT2D eigenvalue weighted by molar-refractivity contribution is 0.282. The minimum Gasteiger partial charge on any atom is -0.493 e. The standard InChI is InChI=1S/C15H13Br2FO2/c1-19-14-4-2-3-11(8-16)15(14)20-9-10-5-6-13(18)12(17)7-10/h2-7H,8-9H2,1H3. The van der Waals surface area contributed by atoms with Gasteiger partial charge in [0.2, 0.25) is 0 Å². The Bertz CT molecular complexity index is 580. The molecule has 0 aliphatic carbocycles. The summed E-state index contributed by atoms with van der Waals surface area (Å²) in [4.78, 5) is 0. The van der Waals surface area contributed by atoms with Gasteiger partial charge in [-0.15, -0.1) is 0 Å². The Kier molecular flexibility index (Phi) is 5.43. The van der Waals surface area contributed by atoms with Gasteiger partial charge in [0, 0.05) is 10.9 Å². The van der Waals surface area contributed by atoms with E-state index in [1.165, 1.54) is 6.07 Å². The van der Waals surface area contributed by atoms with Crippen LogP contribution in [-0.4, -0.2) is 7.11 Å². The number of alkyl halides is 1. The second kappa shape index (κ2) is 7.09. The highest BCUT2D eigenvalue weighted by molar-refractivity contribution is 9.10. The molecule has 2 aromatic rings. The fraction of sp³-hybridized carbons (Fsp3) is 0.200. The molecule has 0 saturated carbocycles. The Balaban J connectivity index is 2.19. The molecule has 2 nitrogen and oxygen atoms in total. The first-order valence-corrected chi connectivity index (χ1v) is 7.85. The van der Waals surface area contributed by atoms with Crippen LogP contribution in [0.15, 0.2) is 40.9 Å². The highest BCUT2D eigenvalue weighted by atomic mass is 79.9. The molecule has 0 N–H and O–H groups in total. The van der Waals surface area contributed by atoms with Crippen molar-refractivity contribution in [2.75, 3.05) is 7.11 Å². The summed E-state index contributed by atoms with van der Waals surface area (Å²) in [5.74, 6) is 1.10. The molecule has 0 fully saturated rings. The Hall–Kier alpha value is -1.07. The van der Waals surface area contributed by atoms with E-state index in [4.69, 9.17) is 9.47 Å². The molecular formula is C15H13Br2FO2. The van der Waals surface area contributed by atoms with Gasteiger partial charge in [0.1, 0.15) is 12.4 Å². The number of para-hydroxylation sites is 1. The van der Waals surface area contributed by atoms with Gasteiger partial charge in [-0.2, -0.15) is 0 Å². The molecule has 106 valence electrons.